The molecule has 3 aromatic rings. The summed E-state index contributed by atoms with van der Waals surface area (Å²) in [6.45, 7) is 0.0729. The minimum atomic E-state index is -0.638. The molecule has 1 aliphatic rings. The van der Waals surface area contributed by atoms with E-state index in [9.17, 15) is 14.0 Å². The summed E-state index contributed by atoms with van der Waals surface area (Å²) in [5.74, 6) is -0.854. The molecule has 0 N–H and O–H groups in total. The maximum atomic E-state index is 14.3. The Morgan fingerprint density at radius 3 is 2.36 bits per heavy atom. The first kappa shape index (κ1) is 25.1. The van der Waals surface area contributed by atoms with Crippen molar-refractivity contribution in [1.29, 1.82) is 0 Å². The molecule has 36 heavy (non-hydrogen) atoms. The van der Waals surface area contributed by atoms with E-state index in [2.05, 4.69) is 5.10 Å². The van der Waals surface area contributed by atoms with E-state index in [-0.39, 0.29) is 37.2 Å². The molecule has 0 radical (unpaired) electrons. The van der Waals surface area contributed by atoms with Crippen molar-refractivity contribution >= 4 is 17.5 Å². The lowest BCUT2D eigenvalue weighted by Crippen LogP contribution is -2.43. The standard InChI is InChI=1S/C28H28FN3O4/c1-35-17-16-31(28(34)23-10-6-7-11-24(23)29)19-27(33)32-26(21-8-4-3-5-9-21)18-25(30-32)20-12-14-22(36-2)15-13-20/h3-15,26H,16-19H2,1-2H3/t26-/m1/s1. The summed E-state index contributed by atoms with van der Waals surface area (Å²) in [5, 5.41) is 6.10. The summed E-state index contributed by atoms with van der Waals surface area (Å²) >= 11 is 0. The van der Waals surface area contributed by atoms with Gasteiger partial charge in [-0.3, -0.25) is 9.59 Å². The summed E-state index contributed by atoms with van der Waals surface area (Å²) in [5.41, 5.74) is 2.47. The molecule has 2 amide bonds. The summed E-state index contributed by atoms with van der Waals surface area (Å²) in [4.78, 5) is 28.0. The van der Waals surface area contributed by atoms with Gasteiger partial charge in [-0.05, 0) is 47.5 Å². The van der Waals surface area contributed by atoms with Crippen molar-refractivity contribution in [3.63, 3.8) is 0 Å². The Bertz CT molecular complexity index is 1230. The van der Waals surface area contributed by atoms with E-state index in [1.165, 1.54) is 35.2 Å². The van der Waals surface area contributed by atoms with E-state index in [4.69, 9.17) is 9.47 Å². The number of rotatable bonds is 9. The Labute approximate surface area is 209 Å². The Morgan fingerprint density at radius 1 is 1.00 bits per heavy atom. The molecule has 0 spiro atoms. The predicted molar refractivity (Wildman–Crippen MR) is 134 cm³/mol. The topological polar surface area (TPSA) is 71.4 Å². The molecule has 0 bridgehead atoms. The van der Waals surface area contributed by atoms with E-state index in [0.717, 1.165) is 22.6 Å². The van der Waals surface area contributed by atoms with Gasteiger partial charge in [0.15, 0.2) is 0 Å². The van der Waals surface area contributed by atoms with Gasteiger partial charge >= 0.3 is 0 Å². The highest BCUT2D eigenvalue weighted by atomic mass is 19.1. The molecule has 1 atom stereocenters. The SMILES string of the molecule is COCCN(CC(=O)N1N=C(c2ccc(OC)cc2)C[C@@H]1c1ccccc1)C(=O)c1ccccc1F. The second kappa shape index (κ2) is 11.6. The van der Waals surface area contributed by atoms with Gasteiger partial charge in [-0.25, -0.2) is 9.40 Å². The van der Waals surface area contributed by atoms with E-state index in [0.29, 0.717) is 6.42 Å². The van der Waals surface area contributed by atoms with Crippen LogP contribution < -0.4 is 4.74 Å². The van der Waals surface area contributed by atoms with E-state index in [1.54, 1.807) is 13.2 Å². The number of nitrogens with zero attached hydrogens (tertiary/aromatic N) is 3. The molecule has 186 valence electrons. The van der Waals surface area contributed by atoms with Crippen LogP contribution in [0.15, 0.2) is 84.0 Å². The molecule has 1 aliphatic heterocycles. The van der Waals surface area contributed by atoms with E-state index >= 15 is 0 Å². The van der Waals surface area contributed by atoms with Crippen LogP contribution in [0.3, 0.4) is 0 Å². The van der Waals surface area contributed by atoms with Crippen LogP contribution in [0.5, 0.6) is 5.75 Å². The van der Waals surface area contributed by atoms with Crippen LogP contribution in [-0.4, -0.2) is 61.4 Å². The van der Waals surface area contributed by atoms with Crippen molar-refractivity contribution < 1.29 is 23.5 Å². The maximum Gasteiger partial charge on any atom is 0.262 e. The summed E-state index contributed by atoms with van der Waals surface area (Å²) in [7, 11) is 3.11. The van der Waals surface area contributed by atoms with Crippen LogP contribution in [0.1, 0.15) is 33.9 Å². The third kappa shape index (κ3) is 5.60. The zero-order valence-corrected chi connectivity index (χ0v) is 20.3. The van der Waals surface area contributed by atoms with Crippen molar-refractivity contribution in [3.05, 3.63) is 101 Å². The van der Waals surface area contributed by atoms with Crippen LogP contribution in [-0.2, 0) is 9.53 Å². The zero-order chi connectivity index (χ0) is 25.5. The number of carbonyl (C=O) groups excluding carboxylic acids is 2. The largest absolute Gasteiger partial charge is 0.497 e. The molecule has 3 aromatic carbocycles. The van der Waals surface area contributed by atoms with Gasteiger partial charge in [-0.1, -0.05) is 42.5 Å². The molecule has 1 heterocycles. The van der Waals surface area contributed by atoms with Crippen molar-refractivity contribution in [3.8, 4) is 5.75 Å². The van der Waals surface area contributed by atoms with Gasteiger partial charge in [0.25, 0.3) is 11.8 Å². The number of amides is 2. The molecule has 8 heteroatoms. The molecule has 0 unspecified atom stereocenters. The number of benzene rings is 3. The molecular formula is C28H28FN3O4. The monoisotopic (exact) mass is 489 g/mol. The van der Waals surface area contributed by atoms with Crippen LogP contribution in [0.4, 0.5) is 4.39 Å². The van der Waals surface area contributed by atoms with Crippen LogP contribution in [0, 0.1) is 5.82 Å². The molecule has 0 aliphatic carbocycles. The Morgan fingerprint density at radius 2 is 1.69 bits per heavy atom. The summed E-state index contributed by atoms with van der Waals surface area (Å²) < 4.78 is 24.7. The van der Waals surface area contributed by atoms with Gasteiger partial charge < -0.3 is 14.4 Å². The number of hydrogen-bond acceptors (Lipinski definition) is 5. The van der Waals surface area contributed by atoms with Crippen molar-refractivity contribution in [1.82, 2.24) is 9.91 Å². The fourth-order valence-corrected chi connectivity index (χ4v) is 4.13. The van der Waals surface area contributed by atoms with Crippen LogP contribution in [0.2, 0.25) is 0 Å². The third-order valence-corrected chi connectivity index (χ3v) is 6.06. The van der Waals surface area contributed by atoms with Gasteiger partial charge in [-0.15, -0.1) is 0 Å². The van der Waals surface area contributed by atoms with Gasteiger partial charge in [0.2, 0.25) is 0 Å². The first-order valence-electron chi connectivity index (χ1n) is 11.6. The normalized spacial score (nSPS) is 14.9. The van der Waals surface area contributed by atoms with Gasteiger partial charge in [0.1, 0.15) is 18.1 Å². The third-order valence-electron chi connectivity index (χ3n) is 6.06. The maximum absolute atomic E-state index is 14.3. The lowest BCUT2D eigenvalue weighted by atomic mass is 9.98. The van der Waals surface area contributed by atoms with Crippen LogP contribution in [0.25, 0.3) is 0 Å². The summed E-state index contributed by atoms with van der Waals surface area (Å²) in [6, 6.07) is 22.5. The number of halogens is 1. The molecular weight excluding hydrogens is 461 g/mol. The fraction of sp³-hybridized carbons (Fsp3) is 0.250. The number of hydrogen-bond donors (Lipinski definition) is 0. The van der Waals surface area contributed by atoms with E-state index in [1.807, 2.05) is 54.6 Å². The first-order valence-corrected chi connectivity index (χ1v) is 11.6. The van der Waals surface area contributed by atoms with Crippen molar-refractivity contribution in [2.75, 3.05) is 33.9 Å². The Balaban J connectivity index is 1.62. The molecule has 0 fully saturated rings. The van der Waals surface area contributed by atoms with Gasteiger partial charge in [-0.2, -0.15) is 5.10 Å². The molecule has 4 rings (SSSR count). The zero-order valence-electron chi connectivity index (χ0n) is 20.3. The number of carbonyl (C=O) groups is 2. The minimum Gasteiger partial charge on any atom is -0.497 e. The quantitative estimate of drug-likeness (QED) is 0.449. The van der Waals surface area contributed by atoms with Crippen molar-refractivity contribution in [2.24, 2.45) is 5.10 Å². The highest BCUT2D eigenvalue weighted by molar-refractivity contribution is 6.03. The average molecular weight is 490 g/mol. The molecule has 0 saturated heterocycles. The minimum absolute atomic E-state index is 0.0927. The first-order chi connectivity index (χ1) is 17.5. The molecule has 0 saturated carbocycles. The molecule has 0 aromatic heterocycles. The lowest BCUT2D eigenvalue weighted by Gasteiger charge is -2.27. The predicted octanol–water partition coefficient (Wildman–Crippen LogP) is 4.30. The smallest absolute Gasteiger partial charge is 0.262 e. The second-order valence-corrected chi connectivity index (χ2v) is 8.34. The highest BCUT2D eigenvalue weighted by Gasteiger charge is 2.34. The fourth-order valence-electron chi connectivity index (χ4n) is 4.13. The van der Waals surface area contributed by atoms with Gasteiger partial charge in [0.05, 0.1) is 31.0 Å². The number of ether oxygens (including phenoxy) is 2. The molecule has 7 nitrogen and oxygen atoms in total. The average Bonchev–Trinajstić information content (AvgIpc) is 3.37. The number of methoxy groups -OCH3 is 2. The van der Waals surface area contributed by atoms with Gasteiger partial charge in [0, 0.05) is 20.1 Å². The van der Waals surface area contributed by atoms with Crippen LogP contribution >= 0.6 is 0 Å². The second-order valence-electron chi connectivity index (χ2n) is 8.34. The van der Waals surface area contributed by atoms with E-state index < -0.39 is 11.7 Å². The summed E-state index contributed by atoms with van der Waals surface area (Å²) in [6.07, 6.45) is 0.515. The Kier molecular flexibility index (Phi) is 8.07. The van der Waals surface area contributed by atoms with Crippen molar-refractivity contribution in [2.45, 2.75) is 12.5 Å². The Hall–Kier alpha value is -4.04. The lowest BCUT2D eigenvalue weighted by molar-refractivity contribution is -0.133. The highest BCUT2D eigenvalue weighted by Crippen LogP contribution is 2.33. The number of hydrazone groups is 1.